The molecule has 27 heavy (non-hydrogen) atoms. The van der Waals surface area contributed by atoms with Gasteiger partial charge in [0.25, 0.3) is 0 Å². The lowest BCUT2D eigenvalue weighted by molar-refractivity contribution is 0.197. The lowest BCUT2D eigenvalue weighted by atomic mass is 9.96. The lowest BCUT2D eigenvalue weighted by Gasteiger charge is -2.33. The maximum absolute atomic E-state index is 5.57. The van der Waals surface area contributed by atoms with Crippen molar-refractivity contribution < 1.29 is 4.74 Å². The van der Waals surface area contributed by atoms with Gasteiger partial charge in [0.1, 0.15) is 5.75 Å². The van der Waals surface area contributed by atoms with Crippen LogP contribution in [0.2, 0.25) is 0 Å². The van der Waals surface area contributed by atoms with Crippen LogP contribution in [0.1, 0.15) is 44.6 Å². The van der Waals surface area contributed by atoms with Crippen molar-refractivity contribution in [1.29, 1.82) is 0 Å². The van der Waals surface area contributed by atoms with Crippen LogP contribution in [0, 0.1) is 0 Å². The number of para-hydroxylation sites is 1. The Morgan fingerprint density at radius 2 is 1.85 bits per heavy atom. The number of methoxy groups -OCH3 is 1. The molecule has 2 aliphatic carbocycles. The molecule has 1 aliphatic heterocycles. The van der Waals surface area contributed by atoms with E-state index in [1.165, 1.54) is 44.3 Å². The van der Waals surface area contributed by atoms with Gasteiger partial charge in [0, 0.05) is 49.2 Å². The number of aliphatic imine (C=N–C) groups is 1. The molecule has 6 heteroatoms. The molecule has 0 radical (unpaired) electrons. The minimum Gasteiger partial charge on any atom is -0.496 e. The molecule has 0 spiro atoms. The van der Waals surface area contributed by atoms with E-state index in [4.69, 9.17) is 4.74 Å². The Hall–Kier alpha value is -1.02. The van der Waals surface area contributed by atoms with E-state index in [-0.39, 0.29) is 29.4 Å². The number of hydrogen-bond acceptors (Lipinski definition) is 3. The van der Waals surface area contributed by atoms with Gasteiger partial charge in [-0.3, -0.25) is 4.99 Å². The summed E-state index contributed by atoms with van der Waals surface area (Å²) in [5, 5.41) is 7.30. The molecule has 0 bridgehead atoms. The fourth-order valence-electron chi connectivity index (χ4n) is 4.37. The second-order valence-corrected chi connectivity index (χ2v) is 8.28. The van der Waals surface area contributed by atoms with Gasteiger partial charge in [-0.15, -0.1) is 24.0 Å². The number of hydrogen-bond donors (Lipinski definition) is 2. The number of benzene rings is 1. The highest BCUT2D eigenvalue weighted by molar-refractivity contribution is 14.0. The maximum Gasteiger partial charge on any atom is 0.191 e. The number of likely N-dealkylation sites (tertiary alicyclic amines) is 1. The molecule has 1 heterocycles. The summed E-state index contributed by atoms with van der Waals surface area (Å²) in [6.07, 6.45) is 6.35. The topological polar surface area (TPSA) is 48.9 Å². The first kappa shape index (κ1) is 20.7. The van der Waals surface area contributed by atoms with E-state index >= 15 is 0 Å². The summed E-state index contributed by atoms with van der Waals surface area (Å²) >= 11 is 0. The van der Waals surface area contributed by atoms with Crippen molar-refractivity contribution in [1.82, 2.24) is 15.5 Å². The van der Waals surface area contributed by atoms with Crippen molar-refractivity contribution in [2.45, 2.75) is 62.6 Å². The van der Waals surface area contributed by atoms with E-state index in [0.717, 1.165) is 24.2 Å². The van der Waals surface area contributed by atoms with Crippen LogP contribution in [0.25, 0.3) is 0 Å². The van der Waals surface area contributed by atoms with E-state index in [9.17, 15) is 0 Å². The normalized spacial score (nSPS) is 29.0. The third-order valence-corrected chi connectivity index (χ3v) is 6.43. The van der Waals surface area contributed by atoms with Crippen LogP contribution in [-0.4, -0.2) is 56.2 Å². The number of nitrogens with one attached hydrogen (secondary N) is 2. The van der Waals surface area contributed by atoms with Crippen molar-refractivity contribution in [3.63, 3.8) is 0 Å². The first-order chi connectivity index (χ1) is 12.6. The van der Waals surface area contributed by atoms with Gasteiger partial charge >= 0.3 is 0 Å². The van der Waals surface area contributed by atoms with E-state index in [1.54, 1.807) is 7.11 Å². The molecule has 2 atom stereocenters. The standard InChI is InChI=1S/C21H32N4O.HI/c1-21(17-6-4-5-7-18(17)26-3)14-19(21)24-20(22-2)23-15-10-12-25(13-11-15)16-8-9-16;/h4-7,15-16,19H,8-14H2,1-3H3,(H2,22,23,24);1H. The molecular formula is C21H33IN4O. The van der Waals surface area contributed by atoms with Crippen LogP contribution < -0.4 is 15.4 Å². The number of nitrogens with zero attached hydrogens (tertiary/aromatic N) is 2. The smallest absolute Gasteiger partial charge is 0.191 e. The van der Waals surface area contributed by atoms with Gasteiger partial charge in [-0.25, -0.2) is 0 Å². The van der Waals surface area contributed by atoms with Gasteiger partial charge in [0.05, 0.1) is 7.11 Å². The molecule has 1 saturated heterocycles. The van der Waals surface area contributed by atoms with Crippen molar-refractivity contribution in [3.05, 3.63) is 29.8 Å². The monoisotopic (exact) mass is 484 g/mol. The highest BCUT2D eigenvalue weighted by Crippen LogP contribution is 2.50. The quantitative estimate of drug-likeness (QED) is 0.383. The maximum atomic E-state index is 5.57. The largest absolute Gasteiger partial charge is 0.496 e. The Morgan fingerprint density at radius 1 is 1.15 bits per heavy atom. The SMILES string of the molecule is CN=C(NC1CCN(C2CC2)CC1)NC1CC1(C)c1ccccc1OC.I. The Kier molecular flexibility index (Phi) is 6.56. The first-order valence-corrected chi connectivity index (χ1v) is 10.0. The predicted octanol–water partition coefficient (Wildman–Crippen LogP) is 3.14. The minimum atomic E-state index is 0. The van der Waals surface area contributed by atoms with E-state index in [0.29, 0.717) is 12.1 Å². The van der Waals surface area contributed by atoms with Gasteiger partial charge in [0.2, 0.25) is 0 Å². The molecule has 3 fully saturated rings. The van der Waals surface area contributed by atoms with Crippen LogP contribution >= 0.6 is 24.0 Å². The van der Waals surface area contributed by atoms with Crippen molar-refractivity contribution in [3.8, 4) is 5.75 Å². The summed E-state index contributed by atoms with van der Waals surface area (Å²) in [5.74, 6) is 1.92. The molecule has 1 aromatic rings. The molecule has 150 valence electrons. The van der Waals surface area contributed by atoms with Crippen molar-refractivity contribution >= 4 is 29.9 Å². The minimum absolute atomic E-state index is 0. The summed E-state index contributed by atoms with van der Waals surface area (Å²) in [6, 6.07) is 10.2. The van der Waals surface area contributed by atoms with Crippen LogP contribution in [0.4, 0.5) is 0 Å². The molecular weight excluding hydrogens is 451 g/mol. The molecule has 0 amide bonds. The second-order valence-electron chi connectivity index (χ2n) is 8.28. The molecule has 0 aromatic heterocycles. The van der Waals surface area contributed by atoms with Crippen LogP contribution in [0.3, 0.4) is 0 Å². The van der Waals surface area contributed by atoms with Crippen molar-refractivity contribution in [2.24, 2.45) is 4.99 Å². The molecule has 1 aromatic carbocycles. The number of rotatable bonds is 5. The molecule has 5 nitrogen and oxygen atoms in total. The molecule has 2 saturated carbocycles. The fraction of sp³-hybridized carbons (Fsp3) is 0.667. The van der Waals surface area contributed by atoms with Gasteiger partial charge in [-0.2, -0.15) is 0 Å². The highest BCUT2D eigenvalue weighted by Gasteiger charge is 2.53. The average molecular weight is 484 g/mol. The Labute approximate surface area is 180 Å². The Balaban J connectivity index is 0.00000210. The summed E-state index contributed by atoms with van der Waals surface area (Å²) < 4.78 is 5.57. The number of piperidine rings is 1. The number of guanidine groups is 1. The van der Waals surface area contributed by atoms with Gasteiger partial charge < -0.3 is 20.3 Å². The van der Waals surface area contributed by atoms with E-state index in [1.807, 2.05) is 13.1 Å². The zero-order valence-electron chi connectivity index (χ0n) is 16.7. The fourth-order valence-corrected chi connectivity index (χ4v) is 4.37. The highest BCUT2D eigenvalue weighted by atomic mass is 127. The summed E-state index contributed by atoms with van der Waals surface area (Å²) in [5.41, 5.74) is 1.40. The Bertz CT molecular complexity index is 670. The lowest BCUT2D eigenvalue weighted by Crippen LogP contribution is -2.50. The van der Waals surface area contributed by atoms with Gasteiger partial charge in [0.15, 0.2) is 5.96 Å². The number of halogens is 1. The third-order valence-electron chi connectivity index (χ3n) is 6.43. The summed E-state index contributed by atoms with van der Waals surface area (Å²) in [7, 11) is 3.62. The molecule has 2 unspecified atom stereocenters. The third kappa shape index (κ3) is 4.53. The molecule has 4 rings (SSSR count). The van der Waals surface area contributed by atoms with Crippen LogP contribution in [0.15, 0.2) is 29.3 Å². The van der Waals surface area contributed by atoms with Crippen LogP contribution in [-0.2, 0) is 5.41 Å². The summed E-state index contributed by atoms with van der Waals surface area (Å²) in [6.45, 7) is 4.76. The first-order valence-electron chi connectivity index (χ1n) is 10.0. The number of ether oxygens (including phenoxy) is 1. The predicted molar refractivity (Wildman–Crippen MR) is 121 cm³/mol. The van der Waals surface area contributed by atoms with Crippen molar-refractivity contribution in [2.75, 3.05) is 27.2 Å². The summed E-state index contributed by atoms with van der Waals surface area (Å²) in [4.78, 5) is 7.14. The van der Waals surface area contributed by atoms with Crippen LogP contribution in [0.5, 0.6) is 5.75 Å². The zero-order valence-corrected chi connectivity index (χ0v) is 19.0. The molecule has 3 aliphatic rings. The average Bonchev–Trinajstić information content (AvgIpc) is 3.60. The zero-order chi connectivity index (χ0) is 18.1. The van der Waals surface area contributed by atoms with Gasteiger partial charge in [-0.05, 0) is 38.2 Å². The second kappa shape index (κ2) is 8.55. The Morgan fingerprint density at radius 3 is 2.48 bits per heavy atom. The molecule has 2 N–H and O–H groups in total. The van der Waals surface area contributed by atoms with E-state index in [2.05, 4.69) is 45.6 Å². The van der Waals surface area contributed by atoms with E-state index < -0.39 is 0 Å². The van der Waals surface area contributed by atoms with Gasteiger partial charge in [-0.1, -0.05) is 25.1 Å².